The lowest BCUT2D eigenvalue weighted by molar-refractivity contribution is -0.909. The first-order valence-electron chi connectivity index (χ1n) is 6.41. The number of morpholine rings is 1. The van der Waals surface area contributed by atoms with Crippen LogP contribution >= 0.6 is 0 Å². The zero-order valence-corrected chi connectivity index (χ0v) is 11.8. The van der Waals surface area contributed by atoms with E-state index in [1.165, 1.54) is 12.3 Å². The number of nitrogens with zero attached hydrogens (tertiary/aromatic N) is 2. The third kappa shape index (κ3) is 5.38. The molecule has 0 unspecified atom stereocenters. The summed E-state index contributed by atoms with van der Waals surface area (Å²) in [4.78, 5) is 11.8. The second-order valence-corrected chi connectivity index (χ2v) is 4.93. The van der Waals surface area contributed by atoms with E-state index in [9.17, 15) is 9.90 Å². The third-order valence-corrected chi connectivity index (χ3v) is 3.10. The van der Waals surface area contributed by atoms with Gasteiger partial charge in [0.25, 0.3) is 5.91 Å². The van der Waals surface area contributed by atoms with E-state index in [0.29, 0.717) is 29.8 Å². The first-order valence-corrected chi connectivity index (χ1v) is 6.41. The number of hydrazone groups is 1. The van der Waals surface area contributed by atoms with Crippen LogP contribution in [0, 0.1) is 0 Å². The summed E-state index contributed by atoms with van der Waals surface area (Å²) in [5.41, 5.74) is 2.84. The number of nitrogens with one attached hydrogen (secondary N) is 1. The zero-order chi connectivity index (χ0) is 15.0. The van der Waals surface area contributed by atoms with Gasteiger partial charge in [0.05, 0.1) is 26.5 Å². The van der Waals surface area contributed by atoms with E-state index in [1.807, 2.05) is 7.05 Å². The van der Waals surface area contributed by atoms with E-state index in [4.69, 9.17) is 4.74 Å². The van der Waals surface area contributed by atoms with E-state index in [2.05, 4.69) is 23.7 Å². The number of amides is 1. The molecule has 1 aliphatic rings. The highest BCUT2D eigenvalue weighted by Gasteiger charge is 2.27. The van der Waals surface area contributed by atoms with Gasteiger partial charge >= 0.3 is 0 Å². The Labute approximate surface area is 119 Å². The topological polar surface area (TPSA) is 70.9 Å². The van der Waals surface area contributed by atoms with Crippen molar-refractivity contribution in [3.63, 3.8) is 0 Å². The average molecular weight is 280 g/mol. The number of likely N-dealkylation sites (N-methyl/N-ethyl adjacent to an activating group) is 1. The monoisotopic (exact) mass is 280 g/mol. The summed E-state index contributed by atoms with van der Waals surface area (Å²) in [6.45, 7) is 10.2. The summed E-state index contributed by atoms with van der Waals surface area (Å²) in [6.07, 6.45) is 4.39. The van der Waals surface area contributed by atoms with Crippen molar-refractivity contribution in [1.29, 1.82) is 0 Å². The maximum atomic E-state index is 11.8. The van der Waals surface area contributed by atoms with Crippen LogP contribution in [0.3, 0.4) is 0 Å². The Morgan fingerprint density at radius 2 is 2.15 bits per heavy atom. The van der Waals surface area contributed by atoms with Crippen LogP contribution in [-0.4, -0.2) is 61.6 Å². The molecule has 0 aromatic heterocycles. The predicted octanol–water partition coefficient (Wildman–Crippen LogP) is 0.749. The molecule has 110 valence electrons. The van der Waals surface area contributed by atoms with Crippen LogP contribution in [0.4, 0.5) is 0 Å². The van der Waals surface area contributed by atoms with Gasteiger partial charge in [0.15, 0.2) is 6.54 Å². The average Bonchev–Trinajstić information content (AvgIpc) is 2.37. The van der Waals surface area contributed by atoms with Crippen molar-refractivity contribution in [3.8, 4) is 0 Å². The van der Waals surface area contributed by atoms with Gasteiger partial charge < -0.3 is 14.3 Å². The molecule has 1 heterocycles. The number of aliphatic hydroxyl groups excluding tert-OH is 1. The van der Waals surface area contributed by atoms with E-state index in [1.54, 1.807) is 6.08 Å². The molecule has 1 saturated heterocycles. The van der Waals surface area contributed by atoms with Crippen LogP contribution in [0.25, 0.3) is 0 Å². The van der Waals surface area contributed by atoms with Gasteiger partial charge in [-0.25, -0.2) is 5.43 Å². The third-order valence-electron chi connectivity index (χ3n) is 3.10. The van der Waals surface area contributed by atoms with E-state index in [-0.39, 0.29) is 11.7 Å². The molecule has 0 atom stereocenters. The molecule has 20 heavy (non-hydrogen) atoms. The molecule has 0 radical (unpaired) electrons. The Morgan fingerprint density at radius 1 is 1.50 bits per heavy atom. The Morgan fingerprint density at radius 3 is 2.70 bits per heavy atom. The fraction of sp³-hybridized carbons (Fsp3) is 0.429. The summed E-state index contributed by atoms with van der Waals surface area (Å²) in [7, 11) is 2.02. The smallest absolute Gasteiger partial charge is 0.295 e. The van der Waals surface area contributed by atoms with Crippen molar-refractivity contribution in [2.75, 3.05) is 39.9 Å². The van der Waals surface area contributed by atoms with Gasteiger partial charge in [0.2, 0.25) is 0 Å². The van der Waals surface area contributed by atoms with Crippen molar-refractivity contribution in [2.45, 2.75) is 0 Å². The fourth-order valence-electron chi connectivity index (χ4n) is 1.84. The highest BCUT2D eigenvalue weighted by atomic mass is 16.5. The Bertz CT molecular complexity index is 435. The molecular weight excluding hydrogens is 258 g/mol. The number of carbonyl (C=O) groups is 1. The molecule has 0 aromatic rings. The van der Waals surface area contributed by atoms with Crippen LogP contribution in [0.5, 0.6) is 0 Å². The van der Waals surface area contributed by atoms with Crippen molar-refractivity contribution in [1.82, 2.24) is 5.43 Å². The Balaban J connectivity index is 2.48. The standard InChI is InChI=1S/C14H21N3O3/c1-4-5-13(12(2)18)10-15-16-14(19)11-17(3)6-8-20-9-7-17/h4-5,10H,1-2,6-9,11H2,3H3,(H-,16,18,19)/p+1/b13-5-,15-10+. The molecule has 0 aromatic carbocycles. The summed E-state index contributed by atoms with van der Waals surface area (Å²) in [5, 5.41) is 13.1. The molecule has 0 saturated carbocycles. The van der Waals surface area contributed by atoms with Gasteiger partial charge in [-0.2, -0.15) is 5.10 Å². The molecule has 1 aliphatic heterocycles. The van der Waals surface area contributed by atoms with Crippen LogP contribution in [0.15, 0.2) is 41.7 Å². The highest BCUT2D eigenvalue weighted by Crippen LogP contribution is 2.06. The van der Waals surface area contributed by atoms with Crippen LogP contribution in [-0.2, 0) is 9.53 Å². The molecule has 1 amide bonds. The second kappa shape index (κ2) is 7.62. The van der Waals surface area contributed by atoms with Crippen molar-refractivity contribution in [3.05, 3.63) is 36.6 Å². The minimum Gasteiger partial charge on any atom is -0.508 e. The number of rotatable bonds is 6. The number of quaternary nitrogens is 1. The van der Waals surface area contributed by atoms with E-state index in [0.717, 1.165) is 13.1 Å². The first-order chi connectivity index (χ1) is 9.47. The van der Waals surface area contributed by atoms with Crippen molar-refractivity contribution >= 4 is 12.1 Å². The van der Waals surface area contributed by atoms with Gasteiger partial charge in [-0.05, 0) is 0 Å². The number of allylic oxidation sites excluding steroid dienone is 3. The first kappa shape index (κ1) is 16.1. The van der Waals surface area contributed by atoms with Crippen LogP contribution in [0.1, 0.15) is 0 Å². The lowest BCUT2D eigenvalue weighted by Gasteiger charge is -2.36. The van der Waals surface area contributed by atoms with Gasteiger partial charge in [0, 0.05) is 5.57 Å². The quantitative estimate of drug-likeness (QED) is 0.248. The highest BCUT2D eigenvalue weighted by molar-refractivity contribution is 5.85. The molecule has 6 heteroatoms. The molecule has 6 nitrogen and oxygen atoms in total. The van der Waals surface area contributed by atoms with Crippen molar-refractivity contribution in [2.24, 2.45) is 5.10 Å². The maximum Gasteiger partial charge on any atom is 0.295 e. The van der Waals surface area contributed by atoms with Gasteiger partial charge in [0.1, 0.15) is 18.8 Å². The number of hydrogen-bond acceptors (Lipinski definition) is 4. The van der Waals surface area contributed by atoms with Crippen molar-refractivity contribution < 1.29 is 19.1 Å². The lowest BCUT2D eigenvalue weighted by Crippen LogP contribution is -2.55. The minimum absolute atomic E-state index is 0.130. The van der Waals surface area contributed by atoms with Crippen LogP contribution < -0.4 is 5.43 Å². The van der Waals surface area contributed by atoms with Gasteiger partial charge in [-0.1, -0.05) is 25.3 Å². The molecule has 1 fully saturated rings. The number of hydrogen-bond donors (Lipinski definition) is 2. The predicted molar refractivity (Wildman–Crippen MR) is 78.3 cm³/mol. The zero-order valence-electron chi connectivity index (χ0n) is 11.8. The number of aliphatic hydroxyl groups is 1. The summed E-state index contributed by atoms with van der Waals surface area (Å²) < 4.78 is 5.92. The molecule has 0 spiro atoms. The minimum atomic E-state index is -0.174. The second-order valence-electron chi connectivity index (χ2n) is 4.93. The van der Waals surface area contributed by atoms with Gasteiger partial charge in [-0.3, -0.25) is 4.79 Å². The molecular formula is C14H22N3O3+. The SMILES string of the molecule is C=C/C=C(/C=N/NC(=O)C[N+]1(C)CCOCC1)C(=C)O. The Kier molecular flexibility index (Phi) is 6.14. The largest absolute Gasteiger partial charge is 0.508 e. The lowest BCUT2D eigenvalue weighted by atomic mass is 10.2. The number of ether oxygens (including phenoxy) is 1. The fourth-order valence-corrected chi connectivity index (χ4v) is 1.84. The van der Waals surface area contributed by atoms with Gasteiger partial charge in [-0.15, -0.1) is 0 Å². The summed E-state index contributed by atoms with van der Waals surface area (Å²) in [6, 6.07) is 0. The Hall–Kier alpha value is -1.92. The number of carbonyl (C=O) groups excluding carboxylic acids is 1. The molecule has 0 bridgehead atoms. The van der Waals surface area contributed by atoms with Crippen LogP contribution in [0.2, 0.25) is 0 Å². The molecule has 1 rings (SSSR count). The summed E-state index contributed by atoms with van der Waals surface area (Å²) in [5.74, 6) is -0.303. The van der Waals surface area contributed by atoms with E-state index < -0.39 is 0 Å². The summed E-state index contributed by atoms with van der Waals surface area (Å²) >= 11 is 0. The normalized spacial score (nSPS) is 18.8. The molecule has 2 N–H and O–H groups in total. The molecule has 0 aliphatic carbocycles. The maximum absolute atomic E-state index is 11.8. The van der Waals surface area contributed by atoms with E-state index >= 15 is 0 Å².